The van der Waals surface area contributed by atoms with Gasteiger partial charge < -0.3 is 10.5 Å². The summed E-state index contributed by atoms with van der Waals surface area (Å²) < 4.78 is 12.4. The fraction of sp³-hybridized carbons (Fsp3) is 0. The van der Waals surface area contributed by atoms with Crippen LogP contribution in [0.1, 0.15) is 5.56 Å². The lowest BCUT2D eigenvalue weighted by atomic mass is 10.2. The second kappa shape index (κ2) is 2.47. The molecule has 0 aliphatic heterocycles. The van der Waals surface area contributed by atoms with Gasteiger partial charge in [0.2, 0.25) is 0 Å². The Balaban J connectivity index is 3.16. The molecule has 0 unspecified atom stereocenters. The van der Waals surface area contributed by atoms with E-state index < -0.39 is 5.82 Å². The smallest absolute Gasteiger partial charge is 0.165 e. The molecular formula is C7H6FNO. The molecule has 0 spiro atoms. The first-order valence-corrected chi connectivity index (χ1v) is 2.73. The lowest BCUT2D eigenvalue weighted by Crippen LogP contribution is -1.81. The van der Waals surface area contributed by atoms with Gasteiger partial charge in [0.05, 0.1) is 0 Å². The molecule has 52 valence electrons. The second-order valence-corrected chi connectivity index (χ2v) is 1.86. The number of hydrogen-bond donors (Lipinski definition) is 2. The fourth-order valence-electron chi connectivity index (χ4n) is 0.613. The minimum absolute atomic E-state index is 0.384. The quantitative estimate of drug-likeness (QED) is 0.569. The molecule has 0 saturated heterocycles. The van der Waals surface area contributed by atoms with Crippen LogP contribution < -0.4 is 0 Å². The summed E-state index contributed by atoms with van der Waals surface area (Å²) in [5.74, 6) is -1.08. The van der Waals surface area contributed by atoms with Crippen LogP contribution in [-0.2, 0) is 0 Å². The average Bonchev–Trinajstić information content (AvgIpc) is 1.95. The first-order valence-electron chi connectivity index (χ1n) is 2.73. The number of rotatable bonds is 1. The second-order valence-electron chi connectivity index (χ2n) is 1.86. The normalized spacial score (nSPS) is 9.30. The largest absolute Gasteiger partial charge is 0.505 e. The first kappa shape index (κ1) is 6.74. The van der Waals surface area contributed by atoms with E-state index in [1.54, 1.807) is 0 Å². The van der Waals surface area contributed by atoms with Crippen molar-refractivity contribution in [3.05, 3.63) is 29.6 Å². The molecular weight excluding hydrogens is 133 g/mol. The van der Waals surface area contributed by atoms with Crippen molar-refractivity contribution in [3.8, 4) is 5.75 Å². The molecule has 10 heavy (non-hydrogen) atoms. The van der Waals surface area contributed by atoms with Crippen LogP contribution >= 0.6 is 0 Å². The van der Waals surface area contributed by atoms with Gasteiger partial charge in [-0.15, -0.1) is 0 Å². The molecule has 0 aromatic heterocycles. The lowest BCUT2D eigenvalue weighted by molar-refractivity contribution is 0.432. The maximum absolute atomic E-state index is 12.4. The van der Waals surface area contributed by atoms with Crippen LogP contribution in [0.15, 0.2) is 18.2 Å². The molecule has 0 radical (unpaired) electrons. The summed E-state index contributed by atoms with van der Waals surface area (Å²) in [7, 11) is 0. The van der Waals surface area contributed by atoms with Crippen molar-refractivity contribution in [1.82, 2.24) is 0 Å². The van der Waals surface area contributed by atoms with Gasteiger partial charge in [0.15, 0.2) is 11.6 Å². The highest BCUT2D eigenvalue weighted by atomic mass is 19.1. The highest BCUT2D eigenvalue weighted by Gasteiger charge is 1.97. The van der Waals surface area contributed by atoms with E-state index in [2.05, 4.69) is 0 Å². The fourth-order valence-corrected chi connectivity index (χ4v) is 0.613. The SMILES string of the molecule is N=Cc1ccc(O)c(F)c1. The van der Waals surface area contributed by atoms with Gasteiger partial charge in [-0.3, -0.25) is 0 Å². The third kappa shape index (κ3) is 1.13. The summed E-state index contributed by atoms with van der Waals surface area (Å²) in [5, 5.41) is 15.4. The van der Waals surface area contributed by atoms with Gasteiger partial charge in [0.25, 0.3) is 0 Å². The standard InChI is InChI=1S/C7H6FNO/c8-6-3-5(4-9)1-2-7(6)10/h1-4,9-10H. The number of hydrogen-bond acceptors (Lipinski definition) is 2. The number of halogens is 1. The van der Waals surface area contributed by atoms with Crippen LogP contribution in [0.3, 0.4) is 0 Å². The Bertz CT molecular complexity index is 260. The Kier molecular flexibility index (Phi) is 1.67. The molecule has 3 heteroatoms. The molecule has 0 atom stereocenters. The predicted molar refractivity (Wildman–Crippen MR) is 36.0 cm³/mol. The van der Waals surface area contributed by atoms with E-state index in [-0.39, 0.29) is 5.75 Å². The van der Waals surface area contributed by atoms with E-state index in [9.17, 15) is 4.39 Å². The Morgan fingerprint density at radius 2 is 2.20 bits per heavy atom. The molecule has 2 N–H and O–H groups in total. The van der Waals surface area contributed by atoms with Crippen molar-refractivity contribution in [3.63, 3.8) is 0 Å². The number of benzene rings is 1. The van der Waals surface area contributed by atoms with Crippen LogP contribution in [0.2, 0.25) is 0 Å². The van der Waals surface area contributed by atoms with Crippen molar-refractivity contribution in [2.45, 2.75) is 0 Å². The van der Waals surface area contributed by atoms with Gasteiger partial charge >= 0.3 is 0 Å². The summed E-state index contributed by atoms with van der Waals surface area (Å²) in [6.07, 6.45) is 1.02. The molecule has 0 fully saturated rings. The number of aromatic hydroxyl groups is 1. The Morgan fingerprint density at radius 3 is 2.70 bits per heavy atom. The van der Waals surface area contributed by atoms with Crippen molar-refractivity contribution in [2.24, 2.45) is 0 Å². The summed E-state index contributed by atoms with van der Waals surface area (Å²) in [4.78, 5) is 0. The Labute approximate surface area is 57.4 Å². The van der Waals surface area contributed by atoms with Crippen molar-refractivity contribution in [1.29, 1.82) is 5.41 Å². The van der Waals surface area contributed by atoms with Crippen molar-refractivity contribution >= 4 is 6.21 Å². The molecule has 2 nitrogen and oxygen atoms in total. The van der Waals surface area contributed by atoms with Crippen LogP contribution in [-0.4, -0.2) is 11.3 Å². The minimum Gasteiger partial charge on any atom is -0.505 e. The molecule has 0 amide bonds. The summed E-state index contributed by atoms with van der Waals surface area (Å²) in [6.45, 7) is 0. The molecule has 0 bridgehead atoms. The van der Waals surface area contributed by atoms with E-state index in [4.69, 9.17) is 10.5 Å². The zero-order valence-electron chi connectivity index (χ0n) is 5.13. The Morgan fingerprint density at radius 1 is 1.50 bits per heavy atom. The minimum atomic E-state index is -0.694. The molecule has 0 aliphatic carbocycles. The molecule has 1 rings (SSSR count). The molecule has 0 aliphatic rings. The van der Waals surface area contributed by atoms with Gasteiger partial charge in [-0.1, -0.05) is 0 Å². The highest BCUT2D eigenvalue weighted by Crippen LogP contribution is 2.14. The van der Waals surface area contributed by atoms with Gasteiger partial charge in [0.1, 0.15) is 0 Å². The summed E-state index contributed by atoms with van der Waals surface area (Å²) in [5.41, 5.74) is 0.440. The van der Waals surface area contributed by atoms with E-state index in [0.717, 1.165) is 12.3 Å². The lowest BCUT2D eigenvalue weighted by Gasteiger charge is -1.94. The number of nitrogens with one attached hydrogen (secondary N) is 1. The monoisotopic (exact) mass is 139 g/mol. The van der Waals surface area contributed by atoms with Crippen LogP contribution in [0.5, 0.6) is 5.75 Å². The highest BCUT2D eigenvalue weighted by molar-refractivity contribution is 5.77. The zero-order valence-corrected chi connectivity index (χ0v) is 5.13. The maximum Gasteiger partial charge on any atom is 0.165 e. The van der Waals surface area contributed by atoms with E-state index in [1.807, 2.05) is 0 Å². The third-order valence-corrected chi connectivity index (χ3v) is 1.14. The van der Waals surface area contributed by atoms with Crippen LogP contribution in [0.4, 0.5) is 4.39 Å². The summed E-state index contributed by atoms with van der Waals surface area (Å²) >= 11 is 0. The molecule has 0 saturated carbocycles. The van der Waals surface area contributed by atoms with Crippen LogP contribution in [0.25, 0.3) is 0 Å². The van der Waals surface area contributed by atoms with Gasteiger partial charge in [0, 0.05) is 6.21 Å². The molecule has 0 heterocycles. The third-order valence-electron chi connectivity index (χ3n) is 1.14. The van der Waals surface area contributed by atoms with Gasteiger partial charge in [-0.2, -0.15) is 0 Å². The van der Waals surface area contributed by atoms with Crippen LogP contribution in [0, 0.1) is 11.2 Å². The van der Waals surface area contributed by atoms with Gasteiger partial charge in [-0.25, -0.2) is 4.39 Å². The van der Waals surface area contributed by atoms with E-state index in [0.29, 0.717) is 5.56 Å². The predicted octanol–water partition coefficient (Wildman–Crippen LogP) is 1.53. The summed E-state index contributed by atoms with van der Waals surface area (Å²) in [6, 6.07) is 3.78. The van der Waals surface area contributed by atoms with Crippen molar-refractivity contribution < 1.29 is 9.50 Å². The zero-order chi connectivity index (χ0) is 7.56. The molecule has 1 aromatic carbocycles. The van der Waals surface area contributed by atoms with Crippen molar-refractivity contribution in [2.75, 3.05) is 0 Å². The van der Waals surface area contributed by atoms with E-state index in [1.165, 1.54) is 12.1 Å². The van der Waals surface area contributed by atoms with Gasteiger partial charge in [-0.05, 0) is 23.8 Å². The first-order chi connectivity index (χ1) is 4.74. The average molecular weight is 139 g/mol. The maximum atomic E-state index is 12.4. The Hall–Kier alpha value is -1.38. The number of phenolic OH excluding ortho intramolecular Hbond substituents is 1. The van der Waals surface area contributed by atoms with E-state index >= 15 is 0 Å². The molecule has 1 aromatic rings. The number of phenols is 1. The topological polar surface area (TPSA) is 44.1 Å².